The summed E-state index contributed by atoms with van der Waals surface area (Å²) >= 11 is 7.33. The van der Waals surface area contributed by atoms with Crippen LogP contribution >= 0.6 is 23.4 Å². The van der Waals surface area contributed by atoms with Crippen LogP contribution in [0.1, 0.15) is 36.9 Å². The number of benzene rings is 1. The van der Waals surface area contributed by atoms with Crippen LogP contribution in [0.4, 0.5) is 0 Å². The van der Waals surface area contributed by atoms with E-state index in [0.29, 0.717) is 23.4 Å². The zero-order chi connectivity index (χ0) is 17.6. The van der Waals surface area contributed by atoms with Crippen LogP contribution in [0.3, 0.4) is 0 Å². The Balaban J connectivity index is 1.63. The first-order chi connectivity index (χ1) is 12.2. The van der Waals surface area contributed by atoms with Crippen molar-refractivity contribution in [2.75, 3.05) is 5.75 Å². The van der Waals surface area contributed by atoms with Crippen molar-refractivity contribution in [3.8, 4) is 0 Å². The van der Waals surface area contributed by atoms with Gasteiger partial charge in [0.1, 0.15) is 0 Å². The van der Waals surface area contributed by atoms with Crippen molar-refractivity contribution in [3.05, 3.63) is 46.7 Å². The molecule has 0 atom stereocenters. The molecule has 1 aliphatic rings. The van der Waals surface area contributed by atoms with Crippen LogP contribution in [0.25, 0.3) is 0 Å². The standard InChI is InChI=1S/C18H22ClN3O2S/c19-14-7-5-13(6-8-14)10-22-16(11-23)9-20-18(22)25-12-17(24)21-15-3-1-2-4-15/h5-9,15,23H,1-4,10-12H2,(H,21,24). The van der Waals surface area contributed by atoms with Gasteiger partial charge in [-0.15, -0.1) is 0 Å². The Morgan fingerprint density at radius 1 is 1.32 bits per heavy atom. The first-order valence-corrected chi connectivity index (χ1v) is 9.84. The number of halogens is 1. The summed E-state index contributed by atoms with van der Waals surface area (Å²) in [6.07, 6.45) is 6.21. The van der Waals surface area contributed by atoms with Crippen molar-refractivity contribution >= 4 is 29.3 Å². The minimum atomic E-state index is -0.0879. The summed E-state index contributed by atoms with van der Waals surface area (Å²) in [7, 11) is 0. The first-order valence-electron chi connectivity index (χ1n) is 8.47. The fourth-order valence-electron chi connectivity index (χ4n) is 3.04. The minimum absolute atomic E-state index is 0.0449. The maximum atomic E-state index is 12.1. The van der Waals surface area contributed by atoms with Crippen LogP contribution in [-0.4, -0.2) is 32.4 Å². The zero-order valence-corrected chi connectivity index (χ0v) is 15.5. The van der Waals surface area contributed by atoms with Crippen molar-refractivity contribution in [2.45, 2.75) is 50.0 Å². The largest absolute Gasteiger partial charge is 0.390 e. The average Bonchev–Trinajstić information content (AvgIpc) is 3.25. The molecule has 0 spiro atoms. The molecule has 25 heavy (non-hydrogen) atoms. The number of amides is 1. The number of aliphatic hydroxyl groups excluding tert-OH is 1. The Morgan fingerprint density at radius 3 is 2.72 bits per heavy atom. The summed E-state index contributed by atoms with van der Waals surface area (Å²) in [5, 5.41) is 14.1. The number of aliphatic hydroxyl groups is 1. The molecule has 1 aromatic carbocycles. The van der Waals surface area contributed by atoms with E-state index in [1.807, 2.05) is 28.8 Å². The molecule has 0 unspecified atom stereocenters. The number of hydrogen-bond acceptors (Lipinski definition) is 4. The normalized spacial score (nSPS) is 14.8. The van der Waals surface area contributed by atoms with E-state index >= 15 is 0 Å². The van der Waals surface area contributed by atoms with Gasteiger partial charge in [0.05, 0.1) is 24.3 Å². The lowest BCUT2D eigenvalue weighted by Crippen LogP contribution is -2.33. The highest BCUT2D eigenvalue weighted by molar-refractivity contribution is 7.99. The summed E-state index contributed by atoms with van der Waals surface area (Å²) in [5.74, 6) is 0.377. The smallest absolute Gasteiger partial charge is 0.230 e. The van der Waals surface area contributed by atoms with E-state index in [1.54, 1.807) is 6.20 Å². The predicted molar refractivity (Wildman–Crippen MR) is 99.8 cm³/mol. The lowest BCUT2D eigenvalue weighted by molar-refractivity contribution is -0.119. The molecular weight excluding hydrogens is 358 g/mol. The number of nitrogens with one attached hydrogen (secondary N) is 1. The van der Waals surface area contributed by atoms with Gasteiger partial charge in [-0.05, 0) is 30.5 Å². The molecule has 0 radical (unpaired) electrons. The lowest BCUT2D eigenvalue weighted by atomic mass is 10.2. The van der Waals surface area contributed by atoms with Crippen molar-refractivity contribution in [1.82, 2.24) is 14.9 Å². The van der Waals surface area contributed by atoms with Crippen molar-refractivity contribution in [2.24, 2.45) is 0 Å². The molecule has 1 saturated carbocycles. The average molecular weight is 380 g/mol. The fourth-order valence-corrected chi connectivity index (χ4v) is 3.98. The van der Waals surface area contributed by atoms with Gasteiger partial charge in [-0.2, -0.15) is 0 Å². The number of carbonyl (C=O) groups is 1. The van der Waals surface area contributed by atoms with E-state index in [0.717, 1.165) is 29.3 Å². The highest BCUT2D eigenvalue weighted by atomic mass is 35.5. The number of hydrogen-bond donors (Lipinski definition) is 2. The number of thioether (sulfide) groups is 1. The quantitative estimate of drug-likeness (QED) is 0.725. The lowest BCUT2D eigenvalue weighted by Gasteiger charge is -2.13. The van der Waals surface area contributed by atoms with Gasteiger partial charge in [0.2, 0.25) is 5.91 Å². The molecule has 1 heterocycles. The van der Waals surface area contributed by atoms with Gasteiger partial charge in [-0.1, -0.05) is 48.3 Å². The maximum absolute atomic E-state index is 12.1. The van der Waals surface area contributed by atoms with Gasteiger partial charge in [-0.25, -0.2) is 4.98 Å². The molecule has 1 aliphatic carbocycles. The minimum Gasteiger partial charge on any atom is -0.390 e. The molecule has 0 aliphatic heterocycles. The third kappa shape index (κ3) is 5.00. The molecule has 5 nitrogen and oxygen atoms in total. The third-order valence-electron chi connectivity index (χ3n) is 4.37. The summed E-state index contributed by atoms with van der Waals surface area (Å²) < 4.78 is 1.94. The second kappa shape index (κ2) is 8.74. The monoisotopic (exact) mass is 379 g/mol. The zero-order valence-electron chi connectivity index (χ0n) is 13.9. The molecule has 3 rings (SSSR count). The molecular formula is C18H22ClN3O2S. The van der Waals surface area contributed by atoms with Crippen LogP contribution in [0, 0.1) is 0 Å². The van der Waals surface area contributed by atoms with Crippen LogP contribution < -0.4 is 5.32 Å². The summed E-state index contributed by atoms with van der Waals surface area (Å²) in [6, 6.07) is 7.91. The molecule has 0 bridgehead atoms. The van der Waals surface area contributed by atoms with Crippen LogP contribution in [0.5, 0.6) is 0 Å². The summed E-state index contributed by atoms with van der Waals surface area (Å²) in [4.78, 5) is 16.5. The number of nitrogens with zero attached hydrogens (tertiary/aromatic N) is 2. The molecule has 1 aromatic heterocycles. The van der Waals surface area contributed by atoms with E-state index in [1.165, 1.54) is 24.6 Å². The first kappa shape index (κ1) is 18.3. The second-order valence-electron chi connectivity index (χ2n) is 6.24. The van der Waals surface area contributed by atoms with E-state index in [4.69, 9.17) is 11.6 Å². The molecule has 7 heteroatoms. The fraction of sp³-hybridized carbons (Fsp3) is 0.444. The Hall–Kier alpha value is -1.50. The number of aromatic nitrogens is 2. The van der Waals surface area contributed by atoms with E-state index in [-0.39, 0.29) is 12.5 Å². The molecule has 0 saturated heterocycles. The summed E-state index contributed by atoms with van der Waals surface area (Å²) in [5.41, 5.74) is 1.79. The van der Waals surface area contributed by atoms with E-state index < -0.39 is 0 Å². The molecule has 1 amide bonds. The van der Waals surface area contributed by atoms with E-state index in [9.17, 15) is 9.90 Å². The number of imidazole rings is 1. The highest BCUT2D eigenvalue weighted by Gasteiger charge is 2.18. The summed E-state index contributed by atoms with van der Waals surface area (Å²) in [6.45, 7) is 0.495. The maximum Gasteiger partial charge on any atom is 0.230 e. The van der Waals surface area contributed by atoms with Gasteiger partial charge in [0.15, 0.2) is 5.16 Å². The van der Waals surface area contributed by atoms with E-state index in [2.05, 4.69) is 10.3 Å². The van der Waals surface area contributed by atoms with Gasteiger partial charge in [0.25, 0.3) is 0 Å². The SMILES string of the molecule is O=C(CSc1ncc(CO)n1Cc1ccc(Cl)cc1)NC1CCCC1. The van der Waals surface area contributed by atoms with Gasteiger partial charge in [0, 0.05) is 17.6 Å². The molecule has 134 valence electrons. The number of rotatable bonds is 7. The molecule has 2 N–H and O–H groups in total. The topological polar surface area (TPSA) is 67.1 Å². The van der Waals surface area contributed by atoms with Gasteiger partial charge in [-0.3, -0.25) is 4.79 Å². The predicted octanol–water partition coefficient (Wildman–Crippen LogP) is 3.23. The van der Waals surface area contributed by atoms with Crippen molar-refractivity contribution in [3.63, 3.8) is 0 Å². The van der Waals surface area contributed by atoms with Gasteiger partial charge >= 0.3 is 0 Å². The van der Waals surface area contributed by atoms with Crippen LogP contribution in [0.15, 0.2) is 35.6 Å². The van der Waals surface area contributed by atoms with Crippen molar-refractivity contribution < 1.29 is 9.90 Å². The highest BCUT2D eigenvalue weighted by Crippen LogP contribution is 2.22. The third-order valence-corrected chi connectivity index (χ3v) is 5.61. The molecule has 1 fully saturated rings. The Bertz CT molecular complexity index is 712. The molecule has 2 aromatic rings. The van der Waals surface area contributed by atoms with Gasteiger partial charge < -0.3 is 15.0 Å². The van der Waals surface area contributed by atoms with Crippen molar-refractivity contribution in [1.29, 1.82) is 0 Å². The Kier molecular flexibility index (Phi) is 6.39. The van der Waals surface area contributed by atoms with Crippen LogP contribution in [0.2, 0.25) is 5.02 Å². The Labute approximate surface area is 156 Å². The number of carbonyl (C=O) groups excluding carboxylic acids is 1. The second-order valence-corrected chi connectivity index (χ2v) is 7.62. The Morgan fingerprint density at radius 2 is 2.04 bits per heavy atom. The van der Waals surface area contributed by atoms with Crippen LogP contribution in [-0.2, 0) is 17.9 Å².